The molecule has 4 atom stereocenters. The number of hydrogen-bond donors (Lipinski definition) is 1. The number of carbonyl (C=O) groups is 1. The molecule has 118 valence electrons. The molecule has 0 aromatic heterocycles. The van der Waals surface area contributed by atoms with Crippen LogP contribution in [0.25, 0.3) is 0 Å². The molecular weight excluding hydrogens is 264 g/mol. The predicted octanol–water partition coefficient (Wildman–Crippen LogP) is 1.67. The van der Waals surface area contributed by atoms with Crippen molar-refractivity contribution in [1.82, 2.24) is 10.2 Å². The fourth-order valence-corrected chi connectivity index (χ4v) is 4.00. The Morgan fingerprint density at radius 1 is 1.29 bits per heavy atom. The van der Waals surface area contributed by atoms with Crippen LogP contribution in [0.5, 0.6) is 0 Å². The first-order chi connectivity index (χ1) is 10.1. The van der Waals surface area contributed by atoms with Crippen molar-refractivity contribution < 1.29 is 9.53 Å². The Bertz CT molecular complexity index is 402. The molecule has 2 aliphatic carbocycles. The largest absolute Gasteiger partial charge is 0.378 e. The van der Waals surface area contributed by atoms with Crippen LogP contribution in [-0.2, 0) is 9.53 Å². The number of fused-ring (bicyclic) bond motifs is 2. The third-order valence-electron chi connectivity index (χ3n) is 5.27. The fraction of sp³-hybridized carbons (Fsp3) is 0.824. The van der Waals surface area contributed by atoms with Gasteiger partial charge < -0.3 is 15.0 Å². The van der Waals surface area contributed by atoms with Gasteiger partial charge in [0.25, 0.3) is 0 Å². The highest BCUT2D eigenvalue weighted by Crippen LogP contribution is 2.43. The molecule has 4 nitrogen and oxygen atoms in total. The van der Waals surface area contributed by atoms with Crippen molar-refractivity contribution >= 4 is 5.91 Å². The maximum Gasteiger partial charge on any atom is 0.240 e. The second-order valence-corrected chi connectivity index (χ2v) is 7.11. The van der Waals surface area contributed by atoms with Crippen molar-refractivity contribution in [2.45, 2.75) is 32.7 Å². The zero-order valence-electron chi connectivity index (χ0n) is 13.3. The number of amides is 1. The van der Waals surface area contributed by atoms with Crippen LogP contribution in [0.2, 0.25) is 0 Å². The molecule has 0 unspecified atom stereocenters. The average Bonchev–Trinajstić information content (AvgIpc) is 3.10. The molecule has 21 heavy (non-hydrogen) atoms. The minimum absolute atomic E-state index is 0.0498. The summed E-state index contributed by atoms with van der Waals surface area (Å²) < 4.78 is 5.34. The number of hydrogen-bond acceptors (Lipinski definition) is 3. The molecule has 1 amide bonds. The first-order valence-corrected chi connectivity index (χ1v) is 8.43. The van der Waals surface area contributed by atoms with Crippen LogP contribution in [0.4, 0.5) is 0 Å². The molecule has 1 N–H and O–H groups in total. The summed E-state index contributed by atoms with van der Waals surface area (Å²) in [7, 11) is 0. The fourth-order valence-electron chi connectivity index (χ4n) is 4.00. The Morgan fingerprint density at radius 3 is 2.62 bits per heavy atom. The van der Waals surface area contributed by atoms with E-state index in [-0.39, 0.29) is 11.9 Å². The van der Waals surface area contributed by atoms with Crippen molar-refractivity contribution in [3.05, 3.63) is 12.2 Å². The number of carbonyl (C=O) groups excluding carboxylic acids is 1. The highest BCUT2D eigenvalue weighted by molar-refractivity contribution is 5.82. The number of ether oxygens (including phenoxy) is 1. The smallest absolute Gasteiger partial charge is 0.240 e. The summed E-state index contributed by atoms with van der Waals surface area (Å²) in [5.74, 6) is 2.85. The van der Waals surface area contributed by atoms with Crippen LogP contribution in [0.3, 0.4) is 0 Å². The van der Waals surface area contributed by atoms with Crippen LogP contribution in [0.1, 0.15) is 26.7 Å². The van der Waals surface area contributed by atoms with E-state index in [9.17, 15) is 4.79 Å². The Kier molecular flexibility index (Phi) is 4.65. The third-order valence-corrected chi connectivity index (χ3v) is 5.27. The van der Waals surface area contributed by atoms with Crippen molar-refractivity contribution in [1.29, 1.82) is 0 Å². The molecule has 1 aliphatic heterocycles. The predicted molar refractivity (Wildman–Crippen MR) is 82.9 cm³/mol. The van der Waals surface area contributed by atoms with Gasteiger partial charge in [0, 0.05) is 13.1 Å². The van der Waals surface area contributed by atoms with Gasteiger partial charge in [0.2, 0.25) is 5.91 Å². The number of nitrogens with one attached hydrogen (secondary N) is 1. The Labute approximate surface area is 127 Å². The van der Waals surface area contributed by atoms with Gasteiger partial charge in [-0.15, -0.1) is 0 Å². The highest BCUT2D eigenvalue weighted by atomic mass is 16.5. The lowest BCUT2D eigenvalue weighted by Gasteiger charge is -2.33. The van der Waals surface area contributed by atoms with Gasteiger partial charge in [-0.05, 0) is 43.1 Å². The molecule has 3 rings (SSSR count). The van der Waals surface area contributed by atoms with Crippen molar-refractivity contribution in [3.8, 4) is 0 Å². The van der Waals surface area contributed by atoms with E-state index in [1.807, 2.05) is 4.90 Å². The molecule has 3 aliphatic rings. The zero-order chi connectivity index (χ0) is 14.8. The summed E-state index contributed by atoms with van der Waals surface area (Å²) in [5.41, 5.74) is 0. The van der Waals surface area contributed by atoms with Crippen LogP contribution in [-0.4, -0.2) is 49.7 Å². The summed E-state index contributed by atoms with van der Waals surface area (Å²) in [6, 6.07) is -0.0498. The number of nitrogens with zero attached hydrogens (tertiary/aromatic N) is 1. The van der Waals surface area contributed by atoms with Gasteiger partial charge in [-0.25, -0.2) is 0 Å². The Balaban J connectivity index is 1.54. The quantitative estimate of drug-likeness (QED) is 0.784. The van der Waals surface area contributed by atoms with E-state index in [1.165, 1.54) is 12.8 Å². The molecule has 4 heteroatoms. The molecule has 2 bridgehead atoms. The second kappa shape index (κ2) is 6.49. The average molecular weight is 292 g/mol. The van der Waals surface area contributed by atoms with E-state index in [0.717, 1.165) is 37.4 Å². The highest BCUT2D eigenvalue weighted by Gasteiger charge is 2.36. The number of morpholine rings is 1. The van der Waals surface area contributed by atoms with Crippen LogP contribution in [0, 0.1) is 23.7 Å². The van der Waals surface area contributed by atoms with E-state index in [4.69, 9.17) is 4.74 Å². The lowest BCUT2D eigenvalue weighted by Crippen LogP contribution is -2.53. The summed E-state index contributed by atoms with van der Waals surface area (Å²) in [4.78, 5) is 14.7. The minimum Gasteiger partial charge on any atom is -0.378 e. The van der Waals surface area contributed by atoms with Gasteiger partial charge in [0.15, 0.2) is 0 Å². The van der Waals surface area contributed by atoms with Gasteiger partial charge in [-0.1, -0.05) is 26.0 Å². The lowest BCUT2D eigenvalue weighted by atomic mass is 9.92. The molecule has 1 heterocycles. The first-order valence-electron chi connectivity index (χ1n) is 8.43. The standard InChI is InChI=1S/C17H28N2O2/c1-12(2)16(17(20)19-5-7-21-8-6-19)18-11-15-10-13-3-4-14(15)9-13/h3-4,12-16,18H,5-11H2,1-2H3/t13-,14-,15+,16+/m0/s1. The lowest BCUT2D eigenvalue weighted by molar-refractivity contribution is -0.138. The van der Waals surface area contributed by atoms with Gasteiger partial charge in [-0.2, -0.15) is 0 Å². The summed E-state index contributed by atoms with van der Waals surface area (Å²) in [6.45, 7) is 8.07. The van der Waals surface area contributed by atoms with Gasteiger partial charge in [-0.3, -0.25) is 4.79 Å². The SMILES string of the molecule is CC(C)[C@@H](NC[C@H]1C[C@H]2C=C[C@H]1C2)C(=O)N1CCOCC1. The van der Waals surface area contributed by atoms with Crippen LogP contribution < -0.4 is 5.32 Å². The molecule has 2 fully saturated rings. The Hall–Kier alpha value is -0.870. The van der Waals surface area contributed by atoms with Crippen molar-refractivity contribution in [2.75, 3.05) is 32.8 Å². The Morgan fingerprint density at radius 2 is 2.05 bits per heavy atom. The van der Waals surface area contributed by atoms with Crippen LogP contribution >= 0.6 is 0 Å². The summed E-state index contributed by atoms with van der Waals surface area (Å²) >= 11 is 0. The molecule has 0 spiro atoms. The summed E-state index contributed by atoms with van der Waals surface area (Å²) in [5, 5.41) is 3.58. The third kappa shape index (κ3) is 3.32. The van der Waals surface area contributed by atoms with Crippen molar-refractivity contribution in [2.24, 2.45) is 23.7 Å². The molecule has 0 aromatic carbocycles. The zero-order valence-corrected chi connectivity index (χ0v) is 13.3. The normalized spacial score (nSPS) is 32.9. The monoisotopic (exact) mass is 292 g/mol. The molecule has 0 radical (unpaired) electrons. The molecular formula is C17H28N2O2. The van der Waals surface area contributed by atoms with Gasteiger partial charge >= 0.3 is 0 Å². The van der Waals surface area contributed by atoms with Gasteiger partial charge in [0.05, 0.1) is 19.3 Å². The summed E-state index contributed by atoms with van der Waals surface area (Å²) in [6.07, 6.45) is 7.38. The van der Waals surface area contributed by atoms with E-state index >= 15 is 0 Å². The molecule has 1 saturated carbocycles. The van der Waals surface area contributed by atoms with E-state index in [0.29, 0.717) is 19.1 Å². The minimum atomic E-state index is -0.0498. The van der Waals surface area contributed by atoms with Gasteiger partial charge in [0.1, 0.15) is 0 Å². The van der Waals surface area contributed by atoms with E-state index < -0.39 is 0 Å². The second-order valence-electron chi connectivity index (χ2n) is 7.11. The van der Waals surface area contributed by atoms with Crippen molar-refractivity contribution in [3.63, 3.8) is 0 Å². The maximum atomic E-state index is 12.7. The molecule has 0 aromatic rings. The first kappa shape index (κ1) is 15.0. The van der Waals surface area contributed by atoms with E-state index in [1.54, 1.807) is 0 Å². The molecule has 1 saturated heterocycles. The topological polar surface area (TPSA) is 41.6 Å². The maximum absolute atomic E-state index is 12.7. The van der Waals surface area contributed by atoms with Crippen LogP contribution in [0.15, 0.2) is 12.2 Å². The number of allylic oxidation sites excluding steroid dienone is 2. The van der Waals surface area contributed by atoms with E-state index in [2.05, 4.69) is 31.3 Å². The number of rotatable bonds is 5.